The van der Waals surface area contributed by atoms with E-state index in [1.165, 1.54) is 71.2 Å². The molecule has 0 N–H and O–H groups in total. The number of furan rings is 1. The molecule has 4 saturated carbocycles. The molecule has 1 heterocycles. The summed E-state index contributed by atoms with van der Waals surface area (Å²) in [6, 6.07) is 51.6. The van der Waals surface area contributed by atoms with E-state index in [0.717, 1.165) is 45.8 Å². The van der Waals surface area contributed by atoms with Gasteiger partial charge >= 0.3 is 0 Å². The predicted molar refractivity (Wildman–Crippen MR) is 197 cm³/mol. The summed E-state index contributed by atoms with van der Waals surface area (Å²) in [7, 11) is 0. The summed E-state index contributed by atoms with van der Waals surface area (Å²) < 4.78 is 6.24. The number of hydrogen-bond donors (Lipinski definition) is 0. The van der Waals surface area contributed by atoms with E-state index in [2.05, 4.69) is 132 Å². The molecule has 2 nitrogen and oxygen atoms in total. The lowest BCUT2D eigenvalue weighted by atomic mass is 9.43. The molecule has 4 fully saturated rings. The maximum atomic E-state index is 6.24. The zero-order valence-corrected chi connectivity index (χ0v) is 27.0. The summed E-state index contributed by atoms with van der Waals surface area (Å²) in [4.78, 5) is 2.50. The molecule has 0 atom stereocenters. The van der Waals surface area contributed by atoms with Gasteiger partial charge in [-0.15, -0.1) is 0 Å². The average molecular weight is 620 g/mol. The Kier molecular flexibility index (Phi) is 5.59. The van der Waals surface area contributed by atoms with Gasteiger partial charge in [-0.2, -0.15) is 0 Å². The van der Waals surface area contributed by atoms with Gasteiger partial charge in [-0.3, -0.25) is 0 Å². The third-order valence-corrected chi connectivity index (χ3v) is 12.6. The second kappa shape index (κ2) is 9.97. The summed E-state index contributed by atoms with van der Waals surface area (Å²) in [5.74, 6) is 3.37. The normalized spacial score (nSPS) is 24.8. The maximum absolute atomic E-state index is 6.24. The largest absolute Gasteiger partial charge is 0.456 e. The van der Waals surface area contributed by atoms with Crippen LogP contribution < -0.4 is 4.90 Å². The first-order valence-electron chi connectivity index (χ1n) is 17.9. The Labute approximate surface area is 281 Å². The van der Waals surface area contributed by atoms with Gasteiger partial charge in [0, 0.05) is 33.1 Å². The summed E-state index contributed by atoms with van der Waals surface area (Å²) in [5.41, 5.74) is 14.1. The summed E-state index contributed by atoms with van der Waals surface area (Å²) in [6.45, 7) is 0. The first kappa shape index (κ1) is 26.9. The van der Waals surface area contributed by atoms with Crippen molar-refractivity contribution < 1.29 is 4.42 Å². The highest BCUT2D eigenvalue weighted by Gasteiger charge is 2.61. The molecule has 7 aromatic rings. The van der Waals surface area contributed by atoms with Gasteiger partial charge in [-0.05, 0) is 132 Å². The summed E-state index contributed by atoms with van der Waals surface area (Å²) in [5, 5.41) is 2.33. The van der Waals surface area contributed by atoms with Crippen molar-refractivity contribution in [1.82, 2.24) is 0 Å². The molecular weight excluding hydrogens is 583 g/mol. The number of rotatable bonds is 4. The lowest BCUT2D eigenvalue weighted by molar-refractivity contribution is -0.0399. The Morgan fingerprint density at radius 1 is 0.500 bits per heavy atom. The van der Waals surface area contributed by atoms with Crippen LogP contribution in [0.4, 0.5) is 17.1 Å². The van der Waals surface area contributed by atoms with E-state index in [0.29, 0.717) is 0 Å². The molecular formula is C46H37NO. The van der Waals surface area contributed by atoms with E-state index in [1.54, 1.807) is 11.1 Å². The first-order chi connectivity index (χ1) is 23.8. The Balaban J connectivity index is 1.06. The molecule has 6 aromatic carbocycles. The Morgan fingerprint density at radius 2 is 1.15 bits per heavy atom. The van der Waals surface area contributed by atoms with Gasteiger partial charge in [0.1, 0.15) is 11.2 Å². The maximum Gasteiger partial charge on any atom is 0.136 e. The third-order valence-electron chi connectivity index (χ3n) is 12.6. The number of para-hydroxylation sites is 2. The van der Waals surface area contributed by atoms with Crippen molar-refractivity contribution in [3.8, 4) is 22.3 Å². The van der Waals surface area contributed by atoms with Gasteiger partial charge in [-0.1, -0.05) is 91.0 Å². The van der Waals surface area contributed by atoms with Crippen molar-refractivity contribution in [2.24, 2.45) is 23.7 Å². The van der Waals surface area contributed by atoms with E-state index in [9.17, 15) is 0 Å². The third kappa shape index (κ3) is 3.64. The summed E-state index contributed by atoms with van der Waals surface area (Å²) >= 11 is 0. The minimum atomic E-state index is 0.150. The second-order valence-electron chi connectivity index (χ2n) is 14.9. The molecule has 5 aliphatic rings. The molecule has 12 rings (SSSR count). The SMILES string of the molecule is c1ccc(N(c2ccc(-c3ccc4c(c3)oc3ccccc34)cc2)c2cccc3c2-c2ccccc2C32C3CC4CC(C3)CC2C4)cc1. The van der Waals surface area contributed by atoms with E-state index in [1.807, 2.05) is 12.1 Å². The predicted octanol–water partition coefficient (Wildman–Crippen LogP) is 12.4. The number of hydrogen-bond acceptors (Lipinski definition) is 2. The van der Waals surface area contributed by atoms with Crippen molar-refractivity contribution >= 4 is 39.0 Å². The fourth-order valence-corrected chi connectivity index (χ4v) is 11.1. The molecule has 232 valence electrons. The van der Waals surface area contributed by atoms with Gasteiger partial charge < -0.3 is 9.32 Å². The Morgan fingerprint density at radius 3 is 1.96 bits per heavy atom. The van der Waals surface area contributed by atoms with E-state index in [-0.39, 0.29) is 5.41 Å². The van der Waals surface area contributed by atoms with Crippen molar-refractivity contribution in [1.29, 1.82) is 0 Å². The molecule has 0 unspecified atom stereocenters. The first-order valence-corrected chi connectivity index (χ1v) is 17.9. The van der Waals surface area contributed by atoms with Gasteiger partial charge in [0.15, 0.2) is 0 Å². The van der Waals surface area contributed by atoms with Gasteiger partial charge in [0.2, 0.25) is 0 Å². The molecule has 1 aromatic heterocycles. The molecule has 5 aliphatic carbocycles. The van der Waals surface area contributed by atoms with Crippen LogP contribution in [0.3, 0.4) is 0 Å². The summed E-state index contributed by atoms with van der Waals surface area (Å²) in [6.07, 6.45) is 7.06. The highest BCUT2D eigenvalue weighted by atomic mass is 16.3. The second-order valence-corrected chi connectivity index (χ2v) is 14.9. The van der Waals surface area contributed by atoms with Crippen LogP contribution in [-0.2, 0) is 5.41 Å². The van der Waals surface area contributed by atoms with Crippen LogP contribution in [0.5, 0.6) is 0 Å². The zero-order valence-electron chi connectivity index (χ0n) is 27.0. The van der Waals surface area contributed by atoms with Crippen molar-refractivity contribution in [3.63, 3.8) is 0 Å². The molecule has 0 amide bonds. The van der Waals surface area contributed by atoms with Crippen LogP contribution in [0.1, 0.15) is 43.2 Å². The van der Waals surface area contributed by atoms with Gasteiger partial charge in [0.05, 0.1) is 5.69 Å². The molecule has 4 bridgehead atoms. The highest BCUT2D eigenvalue weighted by molar-refractivity contribution is 6.06. The van der Waals surface area contributed by atoms with Gasteiger partial charge in [-0.25, -0.2) is 0 Å². The van der Waals surface area contributed by atoms with E-state index >= 15 is 0 Å². The van der Waals surface area contributed by atoms with Crippen molar-refractivity contribution in [2.75, 3.05) is 4.90 Å². The van der Waals surface area contributed by atoms with Crippen molar-refractivity contribution in [2.45, 2.75) is 37.5 Å². The molecule has 0 radical (unpaired) electrons. The molecule has 1 spiro atoms. The number of nitrogens with zero attached hydrogens (tertiary/aromatic N) is 1. The lowest BCUT2D eigenvalue weighted by Gasteiger charge is -2.61. The van der Waals surface area contributed by atoms with Crippen LogP contribution in [0.25, 0.3) is 44.2 Å². The van der Waals surface area contributed by atoms with E-state index < -0.39 is 0 Å². The van der Waals surface area contributed by atoms with Crippen LogP contribution in [-0.4, -0.2) is 0 Å². The topological polar surface area (TPSA) is 16.4 Å². The lowest BCUT2D eigenvalue weighted by Crippen LogP contribution is -2.55. The van der Waals surface area contributed by atoms with Crippen LogP contribution in [0.2, 0.25) is 0 Å². The monoisotopic (exact) mass is 619 g/mol. The quantitative estimate of drug-likeness (QED) is 0.195. The smallest absolute Gasteiger partial charge is 0.136 e. The van der Waals surface area contributed by atoms with Crippen LogP contribution in [0.15, 0.2) is 144 Å². The zero-order chi connectivity index (χ0) is 31.4. The Hall–Kier alpha value is -5.08. The van der Waals surface area contributed by atoms with Crippen LogP contribution in [0, 0.1) is 23.7 Å². The molecule has 0 saturated heterocycles. The number of benzene rings is 6. The molecule has 0 aliphatic heterocycles. The highest BCUT2D eigenvalue weighted by Crippen LogP contribution is 2.70. The number of fused-ring (bicyclic) bond motifs is 6. The fraction of sp³-hybridized carbons (Fsp3) is 0.217. The average Bonchev–Trinajstić information content (AvgIpc) is 3.65. The minimum absolute atomic E-state index is 0.150. The minimum Gasteiger partial charge on any atom is -0.456 e. The molecule has 48 heavy (non-hydrogen) atoms. The van der Waals surface area contributed by atoms with Crippen molar-refractivity contribution in [3.05, 3.63) is 151 Å². The van der Waals surface area contributed by atoms with E-state index in [4.69, 9.17) is 4.42 Å². The molecule has 2 heteroatoms. The van der Waals surface area contributed by atoms with Crippen LogP contribution >= 0.6 is 0 Å². The Bertz CT molecular complexity index is 2340. The fourth-order valence-electron chi connectivity index (χ4n) is 11.1. The van der Waals surface area contributed by atoms with Gasteiger partial charge in [0.25, 0.3) is 0 Å². The number of anilines is 3. The standard InChI is InChI=1S/C46H37NO/c1-2-9-35(10-3-1)47(36-20-17-31(18-21-36)32-19-22-38-37-11-5-7-16-43(37)48-44(38)28-32)42-15-8-14-41-45(42)39-12-4-6-13-40(39)46(41)33-24-29-23-30(26-33)27-34(46)25-29/h1-22,28-30,33-34H,23-27H2.